The highest BCUT2D eigenvalue weighted by Gasteiger charge is 2.28. The zero-order valence-corrected chi connectivity index (χ0v) is 13.7. The number of halogens is 1. The molecule has 0 fully saturated rings. The Kier molecular flexibility index (Phi) is 4.13. The number of nitrogens with zero attached hydrogens (tertiary/aromatic N) is 2. The molecule has 20 heavy (non-hydrogen) atoms. The molecule has 0 aliphatic rings. The molecule has 0 radical (unpaired) electrons. The zero-order chi connectivity index (χ0) is 14.9. The lowest BCUT2D eigenvalue weighted by atomic mass is 9.84. The van der Waals surface area contributed by atoms with E-state index in [0.717, 1.165) is 17.5 Å². The molecule has 0 spiro atoms. The van der Waals surface area contributed by atoms with Crippen LogP contribution in [0.2, 0.25) is 0 Å². The molecule has 1 N–H and O–H groups in total. The van der Waals surface area contributed by atoms with Gasteiger partial charge in [0.05, 0.1) is 23.3 Å². The molecule has 2 rings (SSSR count). The Bertz CT molecular complexity index is 649. The second-order valence-electron chi connectivity index (χ2n) is 5.25. The number of ether oxygens (including phenoxy) is 1. The van der Waals surface area contributed by atoms with Crippen LogP contribution >= 0.6 is 15.9 Å². The van der Waals surface area contributed by atoms with Crippen molar-refractivity contribution < 1.29 is 9.53 Å². The van der Waals surface area contributed by atoms with Crippen molar-refractivity contribution in [2.75, 3.05) is 6.61 Å². The van der Waals surface area contributed by atoms with Crippen LogP contribution in [-0.2, 0) is 10.2 Å². The fourth-order valence-electron chi connectivity index (χ4n) is 2.03. The van der Waals surface area contributed by atoms with Crippen molar-refractivity contribution in [2.45, 2.75) is 39.5 Å². The maximum absolute atomic E-state index is 12.2. The molecule has 2 aromatic rings. The summed E-state index contributed by atoms with van der Waals surface area (Å²) in [6.07, 6.45) is 0.908. The fourth-order valence-corrected chi connectivity index (χ4v) is 2.43. The van der Waals surface area contributed by atoms with Crippen molar-refractivity contribution in [3.63, 3.8) is 0 Å². The molecule has 5 nitrogen and oxygen atoms in total. The van der Waals surface area contributed by atoms with Gasteiger partial charge in [-0.15, -0.1) is 0 Å². The van der Waals surface area contributed by atoms with Gasteiger partial charge in [-0.1, -0.05) is 20.8 Å². The van der Waals surface area contributed by atoms with E-state index < -0.39 is 0 Å². The fraction of sp³-hybridized carbons (Fsp3) is 0.500. The molecule has 0 atom stereocenters. The quantitative estimate of drug-likeness (QED) is 0.682. The summed E-state index contributed by atoms with van der Waals surface area (Å²) in [4.78, 5) is 16.5. The molecule has 0 aliphatic heterocycles. The lowest BCUT2D eigenvalue weighted by molar-refractivity contribution is 0.0528. The van der Waals surface area contributed by atoms with Gasteiger partial charge < -0.3 is 4.74 Å². The molecule has 108 valence electrons. The number of esters is 1. The molecular formula is C14H18BrN3O2. The van der Waals surface area contributed by atoms with E-state index in [4.69, 9.17) is 4.74 Å². The normalized spacial score (nSPS) is 11.8. The topological polar surface area (TPSA) is 67.9 Å². The van der Waals surface area contributed by atoms with Crippen LogP contribution in [0.1, 0.15) is 50.2 Å². The van der Waals surface area contributed by atoms with Crippen LogP contribution < -0.4 is 0 Å². The van der Waals surface area contributed by atoms with Crippen molar-refractivity contribution in [3.8, 4) is 0 Å². The van der Waals surface area contributed by atoms with Crippen molar-refractivity contribution in [1.82, 2.24) is 15.2 Å². The van der Waals surface area contributed by atoms with Crippen LogP contribution in [0.3, 0.4) is 0 Å². The Balaban J connectivity index is 2.72. The van der Waals surface area contributed by atoms with Crippen LogP contribution in [0.25, 0.3) is 11.0 Å². The molecule has 2 aromatic heterocycles. The highest BCUT2D eigenvalue weighted by atomic mass is 79.9. The Morgan fingerprint density at radius 3 is 2.75 bits per heavy atom. The predicted molar refractivity (Wildman–Crippen MR) is 80.9 cm³/mol. The molecule has 0 aliphatic carbocycles. The SMILES string of the molecule is CCOC(=O)c1cc(Br)nc2[nH]nc(C(C)(C)CC)c12. The highest BCUT2D eigenvalue weighted by molar-refractivity contribution is 9.10. The third-order valence-corrected chi connectivity index (χ3v) is 3.93. The number of hydrogen-bond donors (Lipinski definition) is 1. The summed E-state index contributed by atoms with van der Waals surface area (Å²) in [6.45, 7) is 8.41. The summed E-state index contributed by atoms with van der Waals surface area (Å²) in [5, 5.41) is 8.02. The van der Waals surface area contributed by atoms with Crippen molar-refractivity contribution >= 4 is 32.9 Å². The van der Waals surface area contributed by atoms with Gasteiger partial charge in [-0.3, -0.25) is 5.10 Å². The number of carbonyl (C=O) groups excluding carboxylic acids is 1. The number of hydrogen-bond acceptors (Lipinski definition) is 4. The monoisotopic (exact) mass is 339 g/mol. The molecule has 6 heteroatoms. The van der Waals surface area contributed by atoms with Crippen LogP contribution in [-0.4, -0.2) is 27.8 Å². The van der Waals surface area contributed by atoms with E-state index in [0.29, 0.717) is 22.4 Å². The van der Waals surface area contributed by atoms with Crippen LogP contribution in [0.15, 0.2) is 10.7 Å². The minimum atomic E-state index is -0.352. The number of aromatic nitrogens is 3. The summed E-state index contributed by atoms with van der Waals surface area (Å²) in [5.41, 5.74) is 1.79. The lowest BCUT2D eigenvalue weighted by Gasteiger charge is -2.20. The number of carbonyl (C=O) groups is 1. The number of aromatic amines is 1. The largest absolute Gasteiger partial charge is 0.462 e. The average molecular weight is 340 g/mol. The van der Waals surface area contributed by atoms with E-state index in [2.05, 4.69) is 51.9 Å². The van der Waals surface area contributed by atoms with Gasteiger partial charge in [0.2, 0.25) is 0 Å². The zero-order valence-electron chi connectivity index (χ0n) is 12.1. The van der Waals surface area contributed by atoms with Crippen molar-refractivity contribution in [1.29, 1.82) is 0 Å². The highest BCUT2D eigenvalue weighted by Crippen LogP contribution is 2.33. The van der Waals surface area contributed by atoms with Gasteiger partial charge in [0.25, 0.3) is 0 Å². The Hall–Kier alpha value is -1.43. The third kappa shape index (κ3) is 2.57. The lowest BCUT2D eigenvalue weighted by Crippen LogP contribution is -2.17. The van der Waals surface area contributed by atoms with Gasteiger partial charge >= 0.3 is 5.97 Å². The average Bonchev–Trinajstić information content (AvgIpc) is 2.82. The minimum absolute atomic E-state index is 0.144. The Labute approximate surface area is 126 Å². The second kappa shape index (κ2) is 5.52. The molecule has 0 amide bonds. The first-order valence-corrected chi connectivity index (χ1v) is 7.42. The van der Waals surface area contributed by atoms with Crippen LogP contribution in [0, 0.1) is 0 Å². The molecular weight excluding hydrogens is 322 g/mol. The van der Waals surface area contributed by atoms with E-state index in [9.17, 15) is 4.79 Å². The van der Waals surface area contributed by atoms with E-state index in [1.807, 2.05) is 0 Å². The van der Waals surface area contributed by atoms with E-state index in [1.54, 1.807) is 13.0 Å². The Morgan fingerprint density at radius 1 is 1.45 bits per heavy atom. The first-order valence-electron chi connectivity index (χ1n) is 6.63. The van der Waals surface area contributed by atoms with E-state index >= 15 is 0 Å². The summed E-state index contributed by atoms with van der Waals surface area (Å²) < 4.78 is 5.71. The van der Waals surface area contributed by atoms with E-state index in [-0.39, 0.29) is 11.4 Å². The number of rotatable bonds is 4. The summed E-state index contributed by atoms with van der Waals surface area (Å²) in [6, 6.07) is 1.69. The molecule has 2 heterocycles. The van der Waals surface area contributed by atoms with Crippen molar-refractivity contribution in [3.05, 3.63) is 21.9 Å². The first kappa shape index (κ1) is 15.0. The smallest absolute Gasteiger partial charge is 0.339 e. The number of pyridine rings is 1. The van der Waals surface area contributed by atoms with E-state index in [1.165, 1.54) is 0 Å². The molecule has 0 unspecified atom stereocenters. The Morgan fingerprint density at radius 2 is 2.15 bits per heavy atom. The maximum atomic E-state index is 12.2. The second-order valence-corrected chi connectivity index (χ2v) is 6.06. The van der Waals surface area contributed by atoms with Crippen LogP contribution in [0.5, 0.6) is 0 Å². The maximum Gasteiger partial charge on any atom is 0.339 e. The molecule has 0 bridgehead atoms. The summed E-state index contributed by atoms with van der Waals surface area (Å²) in [7, 11) is 0. The molecule has 0 saturated heterocycles. The summed E-state index contributed by atoms with van der Waals surface area (Å²) in [5.74, 6) is -0.352. The standard InChI is InChI=1S/C14H18BrN3O2/c1-5-14(3,4)11-10-8(13(19)20-6-2)7-9(15)16-12(10)18-17-11/h7H,5-6H2,1-4H3,(H,16,17,18). The number of fused-ring (bicyclic) bond motifs is 1. The first-order chi connectivity index (χ1) is 9.40. The summed E-state index contributed by atoms with van der Waals surface area (Å²) >= 11 is 3.31. The van der Waals surface area contributed by atoms with Gasteiger partial charge in [0.15, 0.2) is 5.65 Å². The third-order valence-electron chi connectivity index (χ3n) is 3.52. The molecule has 0 aromatic carbocycles. The van der Waals surface area contributed by atoms with Gasteiger partial charge in [0, 0.05) is 5.41 Å². The van der Waals surface area contributed by atoms with Gasteiger partial charge in [-0.2, -0.15) is 5.10 Å². The molecule has 0 saturated carbocycles. The van der Waals surface area contributed by atoms with Crippen molar-refractivity contribution in [2.24, 2.45) is 0 Å². The van der Waals surface area contributed by atoms with Gasteiger partial charge in [0.1, 0.15) is 4.60 Å². The minimum Gasteiger partial charge on any atom is -0.462 e. The van der Waals surface area contributed by atoms with Gasteiger partial charge in [-0.05, 0) is 35.3 Å². The number of nitrogens with one attached hydrogen (secondary N) is 1. The number of H-pyrrole nitrogens is 1. The van der Waals surface area contributed by atoms with Crippen LogP contribution in [0.4, 0.5) is 0 Å². The van der Waals surface area contributed by atoms with Gasteiger partial charge in [-0.25, -0.2) is 9.78 Å². The predicted octanol–water partition coefficient (Wildman–Crippen LogP) is 3.58.